The van der Waals surface area contributed by atoms with E-state index in [1.54, 1.807) is 18.4 Å². The van der Waals surface area contributed by atoms with Gasteiger partial charge in [0.15, 0.2) is 5.16 Å². The Morgan fingerprint density at radius 2 is 2.17 bits per heavy atom. The van der Waals surface area contributed by atoms with Crippen molar-refractivity contribution in [3.63, 3.8) is 0 Å². The third-order valence-corrected chi connectivity index (χ3v) is 8.00. The van der Waals surface area contributed by atoms with E-state index in [4.69, 9.17) is 0 Å². The average Bonchev–Trinajstić information content (AvgIpc) is 3.40. The normalized spacial score (nSPS) is 15.9. The van der Waals surface area contributed by atoms with Crippen LogP contribution in [-0.4, -0.2) is 26.8 Å². The summed E-state index contributed by atoms with van der Waals surface area (Å²) in [5.74, 6) is -0.0727. The number of nitrogens with zero attached hydrogens (tertiary/aromatic N) is 3. The molecular weight excluding hydrogens is 424 g/mol. The number of fused-ring (bicyclic) bond motifs is 1. The number of aromatic nitrogens is 2. The lowest BCUT2D eigenvalue weighted by Crippen LogP contribution is -2.49. The Hall–Kier alpha value is -2.15. The quantitative estimate of drug-likeness (QED) is 0.472. The highest BCUT2D eigenvalue weighted by atomic mass is 32.2. The third kappa shape index (κ3) is 3.97. The Kier molecular flexibility index (Phi) is 5.76. The molecule has 1 aliphatic carbocycles. The van der Waals surface area contributed by atoms with Crippen LogP contribution in [0.5, 0.6) is 0 Å². The lowest BCUT2D eigenvalue weighted by molar-refractivity contribution is -0.120. The van der Waals surface area contributed by atoms with Crippen molar-refractivity contribution in [1.29, 1.82) is 5.26 Å². The number of carbonyl (C=O) groups is 1. The fourth-order valence-corrected chi connectivity index (χ4v) is 6.22. The van der Waals surface area contributed by atoms with Crippen LogP contribution >= 0.6 is 34.4 Å². The number of rotatable bonds is 5. The van der Waals surface area contributed by atoms with E-state index in [9.17, 15) is 14.9 Å². The first kappa shape index (κ1) is 20.1. The molecule has 0 bridgehead atoms. The summed E-state index contributed by atoms with van der Waals surface area (Å²) < 4.78 is 1.50. The van der Waals surface area contributed by atoms with Crippen LogP contribution in [0.2, 0.25) is 0 Å². The number of thioether (sulfide) groups is 1. The summed E-state index contributed by atoms with van der Waals surface area (Å²) in [6, 6.07) is 6.26. The van der Waals surface area contributed by atoms with Gasteiger partial charge in [0, 0.05) is 22.9 Å². The molecule has 1 amide bonds. The van der Waals surface area contributed by atoms with Gasteiger partial charge in [-0.15, -0.1) is 22.7 Å². The van der Waals surface area contributed by atoms with E-state index in [0.29, 0.717) is 28.2 Å². The highest BCUT2D eigenvalue weighted by molar-refractivity contribution is 7.99. The number of nitrogens with one attached hydrogen (secondary N) is 1. The number of amides is 1. The van der Waals surface area contributed by atoms with Gasteiger partial charge < -0.3 is 5.32 Å². The van der Waals surface area contributed by atoms with Gasteiger partial charge in [-0.1, -0.05) is 37.1 Å². The average molecular weight is 445 g/mol. The third-order valence-electron chi connectivity index (χ3n) is 5.19. The zero-order valence-corrected chi connectivity index (χ0v) is 18.4. The van der Waals surface area contributed by atoms with Crippen molar-refractivity contribution in [3.05, 3.63) is 33.2 Å². The molecule has 3 aromatic rings. The maximum absolute atomic E-state index is 13.0. The number of hydrogen-bond acceptors (Lipinski definition) is 7. The van der Waals surface area contributed by atoms with Crippen LogP contribution in [0.25, 0.3) is 20.7 Å². The van der Waals surface area contributed by atoms with Crippen LogP contribution in [0.1, 0.15) is 32.1 Å². The van der Waals surface area contributed by atoms with Crippen molar-refractivity contribution in [2.75, 3.05) is 5.75 Å². The first-order valence-electron chi connectivity index (χ1n) is 9.40. The zero-order chi connectivity index (χ0) is 20.4. The van der Waals surface area contributed by atoms with E-state index in [-0.39, 0.29) is 17.2 Å². The fraction of sp³-hybridized carbons (Fsp3) is 0.400. The van der Waals surface area contributed by atoms with Crippen LogP contribution in [0.4, 0.5) is 0 Å². The largest absolute Gasteiger partial charge is 0.337 e. The molecule has 0 aliphatic heterocycles. The predicted molar refractivity (Wildman–Crippen MR) is 118 cm³/mol. The second kappa shape index (κ2) is 8.30. The standard InChI is InChI=1S/C20H20N4O2S3/c1-24-18(26)16-13(14-6-5-9-27-14)10-28-17(16)22-19(24)29-11-15(25)23-20(12-21)7-3-2-4-8-20/h5-6,9-10H,2-4,7-8,11H2,1H3,(H,23,25). The summed E-state index contributed by atoms with van der Waals surface area (Å²) >= 11 is 4.26. The first-order valence-corrected chi connectivity index (χ1v) is 12.1. The molecule has 0 aromatic carbocycles. The number of carbonyl (C=O) groups excluding carboxylic acids is 1. The highest BCUT2D eigenvalue weighted by Gasteiger charge is 2.33. The molecule has 1 N–H and O–H groups in total. The maximum Gasteiger partial charge on any atom is 0.263 e. The van der Waals surface area contributed by atoms with Crippen molar-refractivity contribution < 1.29 is 4.79 Å². The molecule has 0 radical (unpaired) electrons. The maximum atomic E-state index is 13.0. The molecule has 1 saturated carbocycles. The molecule has 0 unspecified atom stereocenters. The minimum absolute atomic E-state index is 0.108. The van der Waals surface area contributed by atoms with Crippen LogP contribution < -0.4 is 10.9 Å². The van der Waals surface area contributed by atoms with Crippen LogP contribution in [0.15, 0.2) is 32.8 Å². The van der Waals surface area contributed by atoms with E-state index in [1.165, 1.54) is 27.7 Å². The summed E-state index contributed by atoms with van der Waals surface area (Å²) in [5.41, 5.74) is 0.0571. The van der Waals surface area contributed by atoms with Crippen molar-refractivity contribution in [2.45, 2.75) is 42.8 Å². The van der Waals surface area contributed by atoms with E-state index < -0.39 is 5.54 Å². The summed E-state index contributed by atoms with van der Waals surface area (Å²) in [4.78, 5) is 31.8. The zero-order valence-electron chi connectivity index (χ0n) is 15.9. The van der Waals surface area contributed by atoms with Gasteiger partial charge in [0.2, 0.25) is 5.91 Å². The Morgan fingerprint density at radius 3 is 2.86 bits per heavy atom. The molecule has 3 aromatic heterocycles. The molecule has 1 fully saturated rings. The van der Waals surface area contributed by atoms with Crippen LogP contribution in [-0.2, 0) is 11.8 Å². The first-order chi connectivity index (χ1) is 14.0. The van der Waals surface area contributed by atoms with Gasteiger partial charge in [-0.3, -0.25) is 14.2 Å². The molecule has 6 nitrogen and oxygen atoms in total. The Labute approximate surface area is 180 Å². The monoisotopic (exact) mass is 444 g/mol. The molecule has 0 saturated heterocycles. The smallest absolute Gasteiger partial charge is 0.263 e. The Bertz CT molecular complexity index is 1140. The van der Waals surface area contributed by atoms with Crippen molar-refractivity contribution in [1.82, 2.24) is 14.9 Å². The van der Waals surface area contributed by atoms with E-state index >= 15 is 0 Å². The minimum atomic E-state index is -0.748. The van der Waals surface area contributed by atoms with Crippen LogP contribution in [0, 0.1) is 11.3 Å². The molecule has 9 heteroatoms. The summed E-state index contributed by atoms with van der Waals surface area (Å²) in [6.07, 6.45) is 4.41. The van der Waals surface area contributed by atoms with Crippen molar-refractivity contribution in [3.8, 4) is 16.5 Å². The molecular formula is C20H20N4O2S3. The molecule has 3 heterocycles. The minimum Gasteiger partial charge on any atom is -0.337 e. The van der Waals surface area contributed by atoms with E-state index in [1.807, 2.05) is 22.9 Å². The Balaban J connectivity index is 1.53. The van der Waals surface area contributed by atoms with Gasteiger partial charge in [0.25, 0.3) is 5.56 Å². The Morgan fingerprint density at radius 1 is 1.38 bits per heavy atom. The van der Waals surface area contributed by atoms with E-state index in [2.05, 4.69) is 16.4 Å². The van der Waals surface area contributed by atoms with Gasteiger partial charge in [0.1, 0.15) is 10.4 Å². The second-order valence-corrected chi connectivity index (χ2v) is 9.91. The molecule has 150 valence electrons. The molecule has 1 aliphatic rings. The summed E-state index contributed by atoms with van der Waals surface area (Å²) in [7, 11) is 1.68. The fourth-order valence-electron chi connectivity index (χ4n) is 3.65. The summed E-state index contributed by atoms with van der Waals surface area (Å²) in [5, 5.41) is 17.5. The second-order valence-electron chi connectivity index (χ2n) is 7.16. The number of hydrogen-bond donors (Lipinski definition) is 1. The molecule has 0 atom stereocenters. The molecule has 0 spiro atoms. The van der Waals surface area contributed by atoms with Crippen LogP contribution in [0.3, 0.4) is 0 Å². The summed E-state index contributed by atoms with van der Waals surface area (Å²) in [6.45, 7) is 0. The van der Waals surface area contributed by atoms with Gasteiger partial charge >= 0.3 is 0 Å². The van der Waals surface area contributed by atoms with Gasteiger partial charge in [0.05, 0.1) is 17.2 Å². The van der Waals surface area contributed by atoms with Crippen molar-refractivity contribution in [2.24, 2.45) is 7.05 Å². The van der Waals surface area contributed by atoms with Gasteiger partial charge in [-0.05, 0) is 24.3 Å². The predicted octanol–water partition coefficient (Wildman–Crippen LogP) is 4.16. The van der Waals surface area contributed by atoms with Gasteiger partial charge in [-0.2, -0.15) is 5.26 Å². The lowest BCUT2D eigenvalue weighted by atomic mass is 9.83. The highest BCUT2D eigenvalue weighted by Crippen LogP contribution is 2.34. The molecule has 4 rings (SSSR count). The number of thiophene rings is 2. The molecule has 29 heavy (non-hydrogen) atoms. The van der Waals surface area contributed by atoms with E-state index in [0.717, 1.165) is 29.7 Å². The number of nitriles is 1. The topological polar surface area (TPSA) is 87.8 Å². The van der Waals surface area contributed by atoms with Gasteiger partial charge in [-0.25, -0.2) is 4.98 Å². The lowest BCUT2D eigenvalue weighted by Gasteiger charge is -2.31. The SMILES string of the molecule is Cn1c(SCC(=O)NC2(C#N)CCCCC2)nc2scc(-c3cccs3)c2c1=O. The van der Waals surface area contributed by atoms with Crippen molar-refractivity contribution >= 4 is 50.6 Å².